The van der Waals surface area contributed by atoms with E-state index < -0.39 is 0 Å². The second kappa shape index (κ2) is 13.0. The van der Waals surface area contributed by atoms with E-state index in [2.05, 4.69) is 32.0 Å². The fourth-order valence-corrected chi connectivity index (χ4v) is 3.30. The van der Waals surface area contributed by atoms with Gasteiger partial charge in [0.05, 0.1) is 39.2 Å². The maximum atomic E-state index is 6.32. The maximum absolute atomic E-state index is 6.32. The Labute approximate surface area is 212 Å². The second-order valence-corrected chi connectivity index (χ2v) is 7.36. The number of aryl methyl sites for hydroxylation is 3. The molecule has 0 saturated heterocycles. The summed E-state index contributed by atoms with van der Waals surface area (Å²) in [4.78, 5) is 14.3. The van der Waals surface area contributed by atoms with Gasteiger partial charge in [0, 0.05) is 0 Å². The van der Waals surface area contributed by atoms with Gasteiger partial charge in [0.1, 0.15) is 0 Å². The first-order valence-electron chi connectivity index (χ1n) is 9.26. The molecule has 0 amide bonds. The molecule has 0 aliphatic carbocycles. The van der Waals surface area contributed by atoms with Crippen LogP contribution in [0.3, 0.4) is 0 Å². The molecule has 0 radical (unpaired) electrons. The summed E-state index contributed by atoms with van der Waals surface area (Å²) in [6.07, 6.45) is 0. The standard InChI is InChI=1S/C24H24ClN3.2ClH.Fe/c1-15-9-6-10-16(2)23(15)26-18(4)21-13-8-14-22(28-21)19(5)27-24-17(3)11-7-12-20(24)25;;;/h6-14H,1-5H3;2*1H;/q;;;+2/p-2. The number of benzene rings is 2. The van der Waals surface area contributed by atoms with Gasteiger partial charge in [-0.25, -0.2) is 9.98 Å². The number of pyridine rings is 1. The third kappa shape index (κ3) is 7.17. The van der Waals surface area contributed by atoms with E-state index in [4.69, 9.17) is 26.6 Å². The Bertz CT molecular complexity index is 972. The fourth-order valence-electron chi connectivity index (χ4n) is 3.03. The molecule has 0 spiro atoms. The topological polar surface area (TPSA) is 37.6 Å². The van der Waals surface area contributed by atoms with Crippen LogP contribution in [0.4, 0.5) is 11.4 Å². The van der Waals surface area contributed by atoms with Gasteiger partial charge in [0.15, 0.2) is 0 Å². The SMILES string of the molecule is CC(=Nc1c(C)cccc1C)c1cccc(C(C)=Nc2c(C)cccc2Cl)n1.[Cl-].[Cl-].[Fe+2]. The molecule has 3 rings (SSSR count). The fraction of sp³-hybridized carbons (Fsp3) is 0.208. The maximum Gasteiger partial charge on any atom is 2.00 e. The van der Waals surface area contributed by atoms with Crippen molar-refractivity contribution in [3.05, 3.63) is 87.7 Å². The smallest absolute Gasteiger partial charge is 1.00 e. The molecule has 7 heteroatoms. The molecule has 31 heavy (non-hydrogen) atoms. The average Bonchev–Trinajstić information content (AvgIpc) is 2.67. The summed E-state index contributed by atoms with van der Waals surface area (Å²) in [7, 11) is 0. The zero-order valence-electron chi connectivity index (χ0n) is 18.0. The molecule has 0 aliphatic heterocycles. The summed E-state index contributed by atoms with van der Waals surface area (Å²) in [6, 6.07) is 17.9. The van der Waals surface area contributed by atoms with Gasteiger partial charge < -0.3 is 24.8 Å². The molecule has 2 aromatic carbocycles. The van der Waals surface area contributed by atoms with Crippen molar-refractivity contribution in [2.75, 3.05) is 0 Å². The van der Waals surface area contributed by atoms with Gasteiger partial charge in [-0.1, -0.05) is 48.0 Å². The van der Waals surface area contributed by atoms with E-state index in [9.17, 15) is 0 Å². The molecule has 0 aliphatic rings. The van der Waals surface area contributed by atoms with Crippen LogP contribution in [0, 0.1) is 20.8 Å². The van der Waals surface area contributed by atoms with Gasteiger partial charge in [0.25, 0.3) is 0 Å². The van der Waals surface area contributed by atoms with E-state index in [0.29, 0.717) is 5.02 Å². The van der Waals surface area contributed by atoms with E-state index in [0.717, 1.165) is 50.9 Å². The van der Waals surface area contributed by atoms with Gasteiger partial charge in [-0.2, -0.15) is 0 Å². The van der Waals surface area contributed by atoms with Gasteiger partial charge in [-0.3, -0.25) is 4.99 Å². The summed E-state index contributed by atoms with van der Waals surface area (Å²) in [5, 5.41) is 0.642. The van der Waals surface area contributed by atoms with Crippen LogP contribution >= 0.6 is 11.6 Å². The van der Waals surface area contributed by atoms with Gasteiger partial charge in [-0.15, -0.1) is 0 Å². The van der Waals surface area contributed by atoms with Crippen molar-refractivity contribution in [3.63, 3.8) is 0 Å². The number of aliphatic imine (C=N–C) groups is 2. The molecule has 0 atom stereocenters. The zero-order chi connectivity index (χ0) is 20.3. The molecular weight excluding hydrogens is 492 g/mol. The largest absolute Gasteiger partial charge is 2.00 e. The molecule has 0 unspecified atom stereocenters. The zero-order valence-corrected chi connectivity index (χ0v) is 21.4. The number of halogens is 3. The van der Waals surface area contributed by atoms with E-state index in [1.807, 2.05) is 57.2 Å². The van der Waals surface area contributed by atoms with E-state index >= 15 is 0 Å². The normalized spacial score (nSPS) is 11.2. The number of aromatic nitrogens is 1. The molecule has 164 valence electrons. The van der Waals surface area contributed by atoms with Crippen molar-refractivity contribution in [1.29, 1.82) is 0 Å². The van der Waals surface area contributed by atoms with Crippen LogP contribution in [-0.4, -0.2) is 16.4 Å². The molecule has 0 N–H and O–H groups in total. The van der Waals surface area contributed by atoms with Crippen LogP contribution in [0.25, 0.3) is 0 Å². The second-order valence-electron chi connectivity index (χ2n) is 6.95. The van der Waals surface area contributed by atoms with Gasteiger partial charge in [-0.05, 0) is 69.5 Å². The predicted molar refractivity (Wildman–Crippen MR) is 120 cm³/mol. The summed E-state index contributed by atoms with van der Waals surface area (Å²) in [6.45, 7) is 10.1. The Morgan fingerprint density at radius 3 is 1.55 bits per heavy atom. The molecule has 0 saturated carbocycles. The van der Waals surface area contributed by atoms with Crippen LogP contribution in [0.1, 0.15) is 41.9 Å². The molecule has 3 nitrogen and oxygen atoms in total. The molecule has 0 fully saturated rings. The van der Waals surface area contributed by atoms with Crippen LogP contribution in [-0.2, 0) is 17.1 Å². The number of nitrogens with zero attached hydrogens (tertiary/aromatic N) is 3. The van der Waals surface area contributed by atoms with Crippen LogP contribution in [0.5, 0.6) is 0 Å². The summed E-state index contributed by atoms with van der Waals surface area (Å²) >= 11 is 6.32. The first-order valence-corrected chi connectivity index (χ1v) is 9.64. The number of hydrogen-bond donors (Lipinski definition) is 0. The Morgan fingerprint density at radius 2 is 1.06 bits per heavy atom. The minimum absolute atomic E-state index is 0. The van der Waals surface area contributed by atoms with Gasteiger partial charge >= 0.3 is 17.1 Å². The molecule has 0 bridgehead atoms. The molecular formula is C24H24Cl3FeN3. The third-order valence-corrected chi connectivity index (χ3v) is 4.98. The van der Waals surface area contributed by atoms with Crippen molar-refractivity contribution in [2.45, 2.75) is 34.6 Å². The van der Waals surface area contributed by atoms with Crippen LogP contribution in [0.2, 0.25) is 5.02 Å². The summed E-state index contributed by atoms with van der Waals surface area (Å²) < 4.78 is 0. The minimum Gasteiger partial charge on any atom is -1.00 e. The predicted octanol–water partition coefficient (Wildman–Crippen LogP) is 0.947. The van der Waals surface area contributed by atoms with Crippen LogP contribution < -0.4 is 24.8 Å². The Kier molecular flexibility index (Phi) is 12.3. The molecule has 1 heterocycles. The van der Waals surface area contributed by atoms with Crippen LogP contribution in [0.15, 0.2) is 64.6 Å². The molecule has 3 aromatic rings. The van der Waals surface area contributed by atoms with Crippen molar-refractivity contribution in [3.8, 4) is 0 Å². The Balaban J connectivity index is 0.00000300. The van der Waals surface area contributed by atoms with E-state index in [1.54, 1.807) is 0 Å². The van der Waals surface area contributed by atoms with Crippen molar-refractivity contribution in [2.24, 2.45) is 9.98 Å². The number of hydrogen-bond acceptors (Lipinski definition) is 3. The first kappa shape index (κ1) is 29.3. The van der Waals surface area contributed by atoms with Crippen molar-refractivity contribution >= 4 is 34.4 Å². The molecule has 1 aromatic heterocycles. The third-order valence-electron chi connectivity index (χ3n) is 4.68. The number of rotatable bonds is 4. The minimum atomic E-state index is 0. The monoisotopic (exact) mass is 515 g/mol. The quantitative estimate of drug-likeness (QED) is 0.376. The first-order chi connectivity index (χ1) is 13.4. The summed E-state index contributed by atoms with van der Waals surface area (Å²) in [5.41, 5.74) is 8.48. The van der Waals surface area contributed by atoms with Crippen molar-refractivity contribution in [1.82, 2.24) is 4.98 Å². The summed E-state index contributed by atoms with van der Waals surface area (Å²) in [5.74, 6) is 0. The van der Waals surface area contributed by atoms with E-state index in [1.165, 1.54) is 0 Å². The Morgan fingerprint density at radius 1 is 0.677 bits per heavy atom. The number of para-hydroxylation sites is 2. The van der Waals surface area contributed by atoms with Gasteiger partial charge in [0.2, 0.25) is 0 Å². The average molecular weight is 517 g/mol. The Hall–Kier alpha value is -1.68. The van der Waals surface area contributed by atoms with E-state index in [-0.39, 0.29) is 41.9 Å². The van der Waals surface area contributed by atoms with Crippen molar-refractivity contribution < 1.29 is 41.9 Å².